The van der Waals surface area contributed by atoms with Crippen molar-refractivity contribution in [2.45, 2.75) is 32.1 Å². The normalized spacial score (nSPS) is 24.1. The summed E-state index contributed by atoms with van der Waals surface area (Å²) in [5.41, 5.74) is 5.84. The molecule has 1 spiro atoms. The van der Waals surface area contributed by atoms with Gasteiger partial charge in [0.15, 0.2) is 0 Å². The van der Waals surface area contributed by atoms with Crippen molar-refractivity contribution in [1.29, 1.82) is 0 Å². The molecule has 2 aromatic carbocycles. The number of amides is 1. The van der Waals surface area contributed by atoms with Crippen molar-refractivity contribution in [1.82, 2.24) is 14.7 Å². The molecule has 6 heteroatoms. The minimum absolute atomic E-state index is 0.0137. The van der Waals surface area contributed by atoms with E-state index in [0.717, 1.165) is 43.5 Å². The smallest absolute Gasteiger partial charge is 0.226 e. The van der Waals surface area contributed by atoms with Crippen LogP contribution in [0.2, 0.25) is 0 Å². The molecule has 0 bridgehead atoms. The van der Waals surface area contributed by atoms with Crippen LogP contribution in [0.4, 0.5) is 4.39 Å². The molecule has 1 amide bonds. The number of aromatic nitrogens is 2. The van der Waals surface area contributed by atoms with E-state index in [1.165, 1.54) is 28.8 Å². The van der Waals surface area contributed by atoms with E-state index in [4.69, 9.17) is 0 Å². The van der Waals surface area contributed by atoms with Crippen molar-refractivity contribution < 1.29 is 14.3 Å². The van der Waals surface area contributed by atoms with E-state index in [1.54, 1.807) is 12.1 Å². The zero-order valence-corrected chi connectivity index (χ0v) is 19.7. The Bertz CT molecular complexity index is 1270. The first kappa shape index (κ1) is 22.2. The molecule has 0 radical (unpaired) electrons. The van der Waals surface area contributed by atoms with Crippen molar-refractivity contribution in [2.75, 3.05) is 19.7 Å². The van der Waals surface area contributed by atoms with E-state index in [0.29, 0.717) is 19.0 Å². The monoisotopic (exact) mass is 471 g/mol. The number of benzene rings is 2. The fraction of sp³-hybridized carbons (Fsp3) is 0.379. The Balaban J connectivity index is 1.19. The predicted octanol–water partition coefficient (Wildman–Crippen LogP) is 4.43. The molecule has 1 aromatic heterocycles. The average molecular weight is 472 g/mol. The van der Waals surface area contributed by atoms with Crippen molar-refractivity contribution in [3.05, 3.63) is 89.0 Å². The molecule has 2 saturated carbocycles. The second-order valence-corrected chi connectivity index (χ2v) is 10.2. The lowest BCUT2D eigenvalue weighted by Gasteiger charge is -2.53. The Morgan fingerprint density at radius 3 is 2.71 bits per heavy atom. The first-order valence-electron chi connectivity index (χ1n) is 12.6. The molecular weight excluding hydrogens is 441 g/mol. The highest BCUT2D eigenvalue weighted by Gasteiger charge is 2.62. The van der Waals surface area contributed by atoms with Gasteiger partial charge in [-0.15, -0.1) is 0 Å². The van der Waals surface area contributed by atoms with Crippen LogP contribution >= 0.6 is 0 Å². The zero-order chi connectivity index (χ0) is 24.0. The van der Waals surface area contributed by atoms with E-state index in [-0.39, 0.29) is 29.7 Å². The molecule has 3 aliphatic rings. The SMILES string of the molecule is O=C([C@@H]1C[C@]23Cc4cnn(-c5ccc(F)cc5)c4C=C2CC[C@H]13)N(CCO)CCc1ccccc1. The highest BCUT2D eigenvalue weighted by Crippen LogP contribution is 2.67. The van der Waals surface area contributed by atoms with Crippen LogP contribution in [0.3, 0.4) is 0 Å². The van der Waals surface area contributed by atoms with Crippen molar-refractivity contribution in [2.24, 2.45) is 17.3 Å². The van der Waals surface area contributed by atoms with Gasteiger partial charge in [0, 0.05) is 24.4 Å². The Labute approximate surface area is 204 Å². The summed E-state index contributed by atoms with van der Waals surface area (Å²) in [6, 6.07) is 16.6. The second-order valence-electron chi connectivity index (χ2n) is 10.2. The maximum Gasteiger partial charge on any atom is 0.226 e. The lowest BCUT2D eigenvalue weighted by molar-refractivity contribution is -0.148. The molecule has 180 valence electrons. The lowest BCUT2D eigenvalue weighted by Crippen LogP contribution is -2.55. The van der Waals surface area contributed by atoms with Crippen LogP contribution in [0.1, 0.15) is 36.1 Å². The van der Waals surface area contributed by atoms with Gasteiger partial charge in [-0.25, -0.2) is 9.07 Å². The molecule has 3 aliphatic carbocycles. The molecular formula is C29H30FN3O2. The summed E-state index contributed by atoms with van der Waals surface area (Å²) in [6.07, 6.45) is 8.82. The van der Waals surface area contributed by atoms with Crippen molar-refractivity contribution in [3.8, 4) is 5.69 Å². The first-order valence-corrected chi connectivity index (χ1v) is 12.6. The molecule has 0 saturated heterocycles. The third-order valence-corrected chi connectivity index (χ3v) is 8.43. The van der Waals surface area contributed by atoms with Gasteiger partial charge in [-0.3, -0.25) is 4.79 Å². The first-order chi connectivity index (χ1) is 17.1. The van der Waals surface area contributed by atoms with Crippen LogP contribution in [0.5, 0.6) is 0 Å². The highest BCUT2D eigenvalue weighted by molar-refractivity contribution is 5.82. The third kappa shape index (κ3) is 3.71. The second kappa shape index (κ2) is 8.76. The van der Waals surface area contributed by atoms with Crippen LogP contribution in [0.25, 0.3) is 11.8 Å². The highest BCUT2D eigenvalue weighted by atomic mass is 19.1. The number of rotatable bonds is 7. The Hall–Kier alpha value is -3.25. The van der Waals surface area contributed by atoms with Gasteiger partial charge in [-0.05, 0) is 79.5 Å². The van der Waals surface area contributed by atoms with Gasteiger partial charge in [0.05, 0.1) is 24.2 Å². The summed E-state index contributed by atoms with van der Waals surface area (Å²) in [5, 5.41) is 14.2. The van der Waals surface area contributed by atoms with Gasteiger partial charge >= 0.3 is 0 Å². The van der Waals surface area contributed by atoms with Crippen LogP contribution < -0.4 is 0 Å². The van der Waals surface area contributed by atoms with Gasteiger partial charge in [0.1, 0.15) is 5.82 Å². The maximum atomic E-state index is 13.6. The van der Waals surface area contributed by atoms with Gasteiger partial charge in [-0.2, -0.15) is 5.10 Å². The third-order valence-electron chi connectivity index (χ3n) is 8.43. The number of allylic oxidation sites excluding steroid dienone is 1. The summed E-state index contributed by atoms with van der Waals surface area (Å²) >= 11 is 0. The molecule has 1 heterocycles. The molecule has 2 fully saturated rings. The molecule has 35 heavy (non-hydrogen) atoms. The Morgan fingerprint density at radius 2 is 1.94 bits per heavy atom. The van der Waals surface area contributed by atoms with Gasteiger partial charge < -0.3 is 10.0 Å². The van der Waals surface area contributed by atoms with Crippen LogP contribution in [0, 0.1) is 23.1 Å². The van der Waals surface area contributed by atoms with Gasteiger partial charge in [0.25, 0.3) is 0 Å². The minimum atomic E-state index is -0.255. The molecule has 6 rings (SSSR count). The van der Waals surface area contributed by atoms with Crippen molar-refractivity contribution >= 4 is 12.0 Å². The minimum Gasteiger partial charge on any atom is -0.395 e. The molecule has 0 unspecified atom stereocenters. The Kier molecular flexibility index (Phi) is 5.56. The quantitative estimate of drug-likeness (QED) is 0.555. The summed E-state index contributed by atoms with van der Waals surface area (Å²) in [4.78, 5) is 15.4. The number of carbonyl (C=O) groups excluding carboxylic acids is 1. The number of nitrogens with zero attached hydrogens (tertiary/aromatic N) is 3. The Morgan fingerprint density at radius 1 is 1.14 bits per heavy atom. The summed E-state index contributed by atoms with van der Waals surface area (Å²) in [5.74, 6) is 0.313. The van der Waals surface area contributed by atoms with Crippen molar-refractivity contribution in [3.63, 3.8) is 0 Å². The van der Waals surface area contributed by atoms with E-state index in [9.17, 15) is 14.3 Å². The summed E-state index contributed by atoms with van der Waals surface area (Å²) in [7, 11) is 0. The van der Waals surface area contributed by atoms with E-state index in [1.807, 2.05) is 34.0 Å². The number of hydrogen-bond donors (Lipinski definition) is 1. The average Bonchev–Trinajstić information content (AvgIpc) is 3.39. The van der Waals surface area contributed by atoms with Crippen LogP contribution in [-0.4, -0.2) is 45.4 Å². The lowest BCUT2D eigenvalue weighted by atomic mass is 9.50. The van der Waals surface area contributed by atoms with Crippen LogP contribution in [-0.2, 0) is 17.6 Å². The van der Waals surface area contributed by atoms with Crippen LogP contribution in [0.15, 0.2) is 66.4 Å². The number of fused-ring (bicyclic) bond motifs is 1. The standard InChI is InChI=1S/C29H30FN3O2/c30-23-7-9-24(10-8-23)33-27-16-22-6-11-26-25(18-29(22,26)17-21(27)19-31-33)28(35)32(14-15-34)13-12-20-4-2-1-3-5-20/h1-5,7-10,16,19,25-26,34H,6,11-15,17-18H2/t25-,26-,29-/m1/s1. The zero-order valence-electron chi connectivity index (χ0n) is 19.7. The fourth-order valence-electron chi connectivity index (χ4n) is 6.68. The largest absolute Gasteiger partial charge is 0.395 e. The molecule has 5 nitrogen and oxygen atoms in total. The molecule has 0 aliphatic heterocycles. The number of hydrogen-bond acceptors (Lipinski definition) is 3. The molecule has 3 atom stereocenters. The number of aliphatic hydroxyl groups excluding tert-OH is 1. The van der Waals surface area contributed by atoms with Gasteiger partial charge in [-0.1, -0.05) is 35.9 Å². The topological polar surface area (TPSA) is 58.4 Å². The van der Waals surface area contributed by atoms with E-state index >= 15 is 0 Å². The summed E-state index contributed by atoms with van der Waals surface area (Å²) in [6.45, 7) is 1.01. The summed E-state index contributed by atoms with van der Waals surface area (Å²) < 4.78 is 15.3. The van der Waals surface area contributed by atoms with Gasteiger partial charge in [0.2, 0.25) is 5.91 Å². The number of carbonyl (C=O) groups is 1. The number of halogens is 1. The van der Waals surface area contributed by atoms with E-state index in [2.05, 4.69) is 23.3 Å². The predicted molar refractivity (Wildman–Crippen MR) is 132 cm³/mol. The molecule has 1 N–H and O–H groups in total. The fourth-order valence-corrected chi connectivity index (χ4v) is 6.68. The number of aliphatic hydroxyl groups is 1. The molecule has 3 aromatic rings. The van der Waals surface area contributed by atoms with E-state index < -0.39 is 0 Å². The maximum absolute atomic E-state index is 13.6.